The summed E-state index contributed by atoms with van der Waals surface area (Å²) < 4.78 is 35.7. The summed E-state index contributed by atoms with van der Waals surface area (Å²) in [5.74, 6) is 0.236. The van der Waals surface area contributed by atoms with Crippen molar-refractivity contribution in [1.29, 1.82) is 0 Å². The summed E-state index contributed by atoms with van der Waals surface area (Å²) in [5, 5.41) is 9.63. The Morgan fingerprint density at radius 1 is 1.00 bits per heavy atom. The maximum absolute atomic E-state index is 12.9. The van der Waals surface area contributed by atoms with Gasteiger partial charge in [-0.05, 0) is 35.9 Å². The van der Waals surface area contributed by atoms with Crippen molar-refractivity contribution in [3.8, 4) is 33.9 Å². The lowest BCUT2D eigenvalue weighted by molar-refractivity contribution is -0.0494. The van der Waals surface area contributed by atoms with Crippen molar-refractivity contribution >= 4 is 11.6 Å². The predicted octanol–water partition coefficient (Wildman–Crippen LogP) is 5.61. The zero-order valence-electron chi connectivity index (χ0n) is 17.0. The van der Waals surface area contributed by atoms with Crippen LogP contribution >= 0.6 is 0 Å². The number of methoxy groups -OCH3 is 1. The van der Waals surface area contributed by atoms with Crippen LogP contribution in [0, 0.1) is 0 Å². The average Bonchev–Trinajstić information content (AvgIpc) is 3.31. The number of anilines is 1. The molecular weight excluding hydrogens is 416 g/mol. The zero-order valence-corrected chi connectivity index (χ0v) is 17.0. The first kappa shape index (κ1) is 21.0. The molecule has 0 bridgehead atoms. The number of carbonyl (C=O) groups is 1. The number of aromatic amines is 1. The molecule has 0 atom stereocenters. The number of carbonyl (C=O) groups excluding carboxylic acids is 1. The normalized spacial score (nSPS) is 10.8. The smallest absolute Gasteiger partial charge is 0.387 e. The monoisotopic (exact) mass is 435 g/mol. The van der Waals surface area contributed by atoms with Gasteiger partial charge < -0.3 is 14.8 Å². The van der Waals surface area contributed by atoms with Crippen LogP contribution in [0.15, 0.2) is 79.0 Å². The molecule has 4 aromatic rings. The molecule has 8 heteroatoms. The zero-order chi connectivity index (χ0) is 22.5. The van der Waals surface area contributed by atoms with Gasteiger partial charge in [0.25, 0.3) is 5.91 Å². The first-order valence-corrected chi connectivity index (χ1v) is 9.68. The van der Waals surface area contributed by atoms with E-state index in [2.05, 4.69) is 20.3 Å². The summed E-state index contributed by atoms with van der Waals surface area (Å²) in [6.45, 7) is -2.98. The summed E-state index contributed by atoms with van der Waals surface area (Å²) in [4.78, 5) is 12.9. The van der Waals surface area contributed by atoms with Gasteiger partial charge in [0.1, 0.15) is 11.5 Å². The molecule has 6 nitrogen and oxygen atoms in total. The minimum absolute atomic E-state index is 0.00329. The summed E-state index contributed by atoms with van der Waals surface area (Å²) in [5.41, 5.74) is 3.20. The Labute approximate surface area is 182 Å². The molecule has 0 radical (unpaired) electrons. The number of hydrogen-bond acceptors (Lipinski definition) is 4. The second-order valence-corrected chi connectivity index (χ2v) is 6.80. The standard InChI is InChI=1S/C24H19F2N3O3/c1-31-18-10-7-15(8-11-18)19-13-17(9-12-21(19)32-24(25)26)28-23(30)20-14-27-29-22(20)16-5-3-2-4-6-16/h2-14,24H,1H3,(H,27,29)(H,28,30). The number of benzene rings is 3. The molecule has 4 rings (SSSR count). The summed E-state index contributed by atoms with van der Waals surface area (Å²) in [6.07, 6.45) is 1.44. The van der Waals surface area contributed by atoms with E-state index < -0.39 is 6.61 Å². The van der Waals surface area contributed by atoms with Crippen molar-refractivity contribution in [1.82, 2.24) is 10.2 Å². The number of halogens is 2. The molecular formula is C24H19F2N3O3. The maximum Gasteiger partial charge on any atom is 0.387 e. The van der Waals surface area contributed by atoms with Gasteiger partial charge in [0.2, 0.25) is 0 Å². The van der Waals surface area contributed by atoms with E-state index in [0.29, 0.717) is 33.8 Å². The highest BCUT2D eigenvalue weighted by Crippen LogP contribution is 2.35. The number of nitrogens with zero attached hydrogens (tertiary/aromatic N) is 1. The number of rotatable bonds is 7. The van der Waals surface area contributed by atoms with Gasteiger partial charge in [0.05, 0.1) is 24.6 Å². The van der Waals surface area contributed by atoms with E-state index >= 15 is 0 Å². The number of aromatic nitrogens is 2. The fraction of sp³-hybridized carbons (Fsp3) is 0.0833. The Morgan fingerprint density at radius 3 is 2.44 bits per heavy atom. The number of ether oxygens (including phenoxy) is 2. The van der Waals surface area contributed by atoms with Crippen molar-refractivity contribution in [2.24, 2.45) is 0 Å². The number of H-pyrrole nitrogens is 1. The molecule has 0 fully saturated rings. The van der Waals surface area contributed by atoms with Crippen LogP contribution < -0.4 is 14.8 Å². The Kier molecular flexibility index (Phi) is 6.12. The fourth-order valence-corrected chi connectivity index (χ4v) is 3.28. The van der Waals surface area contributed by atoms with Crippen LogP contribution in [-0.4, -0.2) is 29.8 Å². The highest BCUT2D eigenvalue weighted by atomic mass is 19.3. The number of nitrogens with one attached hydrogen (secondary N) is 2. The van der Waals surface area contributed by atoms with Crippen LogP contribution in [0.3, 0.4) is 0 Å². The third kappa shape index (κ3) is 4.59. The Morgan fingerprint density at radius 2 is 1.75 bits per heavy atom. The van der Waals surface area contributed by atoms with E-state index in [0.717, 1.165) is 5.56 Å². The second kappa shape index (κ2) is 9.30. The third-order valence-corrected chi connectivity index (χ3v) is 4.80. The van der Waals surface area contributed by atoms with Gasteiger partial charge in [-0.1, -0.05) is 42.5 Å². The molecule has 1 amide bonds. The molecule has 0 aliphatic carbocycles. The molecule has 0 spiro atoms. The minimum Gasteiger partial charge on any atom is -0.497 e. The maximum atomic E-state index is 12.9. The Hall–Kier alpha value is -4.20. The fourth-order valence-electron chi connectivity index (χ4n) is 3.28. The largest absolute Gasteiger partial charge is 0.497 e. The highest BCUT2D eigenvalue weighted by molar-refractivity contribution is 6.08. The lowest BCUT2D eigenvalue weighted by Crippen LogP contribution is -2.12. The first-order valence-electron chi connectivity index (χ1n) is 9.68. The number of amides is 1. The highest BCUT2D eigenvalue weighted by Gasteiger charge is 2.17. The van der Waals surface area contributed by atoms with Crippen LogP contribution in [-0.2, 0) is 0 Å². The molecule has 0 aliphatic rings. The third-order valence-electron chi connectivity index (χ3n) is 4.80. The molecule has 0 aliphatic heterocycles. The van der Waals surface area contributed by atoms with Crippen LogP contribution in [0.4, 0.5) is 14.5 Å². The van der Waals surface area contributed by atoms with E-state index in [1.165, 1.54) is 25.4 Å². The predicted molar refractivity (Wildman–Crippen MR) is 117 cm³/mol. The van der Waals surface area contributed by atoms with E-state index in [1.54, 1.807) is 30.3 Å². The van der Waals surface area contributed by atoms with Crippen molar-refractivity contribution in [2.75, 3.05) is 12.4 Å². The molecule has 0 saturated heterocycles. The molecule has 162 valence electrons. The van der Waals surface area contributed by atoms with Crippen LogP contribution in [0.5, 0.6) is 11.5 Å². The summed E-state index contributed by atoms with van der Waals surface area (Å²) in [7, 11) is 1.54. The van der Waals surface area contributed by atoms with Crippen molar-refractivity contribution in [2.45, 2.75) is 6.61 Å². The molecule has 1 heterocycles. The Bertz CT molecular complexity index is 1210. The quantitative estimate of drug-likeness (QED) is 0.396. The van der Waals surface area contributed by atoms with Crippen LogP contribution in [0.2, 0.25) is 0 Å². The summed E-state index contributed by atoms with van der Waals surface area (Å²) >= 11 is 0. The van der Waals surface area contributed by atoms with Crippen LogP contribution in [0.1, 0.15) is 10.4 Å². The van der Waals surface area contributed by atoms with E-state index in [-0.39, 0.29) is 11.7 Å². The van der Waals surface area contributed by atoms with Gasteiger partial charge in [0, 0.05) is 16.8 Å². The topological polar surface area (TPSA) is 76.2 Å². The molecule has 1 aromatic heterocycles. The molecule has 3 aromatic carbocycles. The van der Waals surface area contributed by atoms with Gasteiger partial charge in [-0.2, -0.15) is 13.9 Å². The number of alkyl halides is 2. The van der Waals surface area contributed by atoms with Crippen molar-refractivity contribution in [3.05, 3.63) is 84.6 Å². The van der Waals surface area contributed by atoms with E-state index in [4.69, 9.17) is 4.74 Å². The SMILES string of the molecule is COc1ccc(-c2cc(NC(=O)c3cn[nH]c3-c3ccccc3)ccc2OC(F)F)cc1. The number of hydrogen-bond donors (Lipinski definition) is 2. The second-order valence-electron chi connectivity index (χ2n) is 6.80. The molecule has 2 N–H and O–H groups in total. The Balaban J connectivity index is 1.65. The average molecular weight is 435 g/mol. The van der Waals surface area contributed by atoms with Gasteiger partial charge in [-0.3, -0.25) is 9.89 Å². The molecule has 0 unspecified atom stereocenters. The first-order chi connectivity index (χ1) is 15.5. The van der Waals surface area contributed by atoms with Crippen molar-refractivity contribution in [3.63, 3.8) is 0 Å². The molecule has 32 heavy (non-hydrogen) atoms. The van der Waals surface area contributed by atoms with E-state index in [1.807, 2.05) is 30.3 Å². The van der Waals surface area contributed by atoms with Gasteiger partial charge in [-0.15, -0.1) is 0 Å². The minimum atomic E-state index is -2.98. The lowest BCUT2D eigenvalue weighted by atomic mass is 10.0. The van der Waals surface area contributed by atoms with Crippen LogP contribution in [0.25, 0.3) is 22.4 Å². The lowest BCUT2D eigenvalue weighted by Gasteiger charge is -2.14. The molecule has 0 saturated carbocycles. The van der Waals surface area contributed by atoms with Gasteiger partial charge in [-0.25, -0.2) is 0 Å². The summed E-state index contributed by atoms with van der Waals surface area (Å²) in [6, 6.07) is 20.7. The van der Waals surface area contributed by atoms with Gasteiger partial charge >= 0.3 is 6.61 Å². The van der Waals surface area contributed by atoms with E-state index in [9.17, 15) is 13.6 Å². The van der Waals surface area contributed by atoms with Gasteiger partial charge in [0.15, 0.2) is 0 Å². The van der Waals surface area contributed by atoms with Crippen molar-refractivity contribution < 1.29 is 23.0 Å².